The predicted octanol–water partition coefficient (Wildman–Crippen LogP) is 3.16. The first-order chi connectivity index (χ1) is 8.20. The third-order valence-electron chi connectivity index (χ3n) is 3.29. The summed E-state index contributed by atoms with van der Waals surface area (Å²) in [5.74, 6) is 0.528. The van der Waals surface area contributed by atoms with E-state index in [2.05, 4.69) is 54.4 Å². The van der Waals surface area contributed by atoms with E-state index in [4.69, 9.17) is 0 Å². The fourth-order valence-electron chi connectivity index (χ4n) is 2.25. The van der Waals surface area contributed by atoms with Gasteiger partial charge in [-0.1, -0.05) is 30.7 Å². The maximum absolute atomic E-state index is 4.15. The van der Waals surface area contributed by atoms with Crippen LogP contribution in [0, 0.1) is 13.8 Å². The number of benzene rings is 1. The molecule has 0 saturated carbocycles. The summed E-state index contributed by atoms with van der Waals surface area (Å²) in [6.07, 6.45) is 3.89. The van der Waals surface area contributed by atoms with E-state index < -0.39 is 0 Å². The largest absolute Gasteiger partial charge is 0.198 e. The maximum atomic E-state index is 4.15. The third kappa shape index (κ3) is 2.73. The van der Waals surface area contributed by atoms with Crippen molar-refractivity contribution in [3.05, 3.63) is 46.8 Å². The number of hydrogen-bond donors (Lipinski definition) is 1. The number of nitrogens with zero attached hydrogens (tertiary/aromatic N) is 2. The fraction of sp³-hybridized carbons (Fsp3) is 0.429. The highest BCUT2D eigenvalue weighted by molar-refractivity contribution is 5.33. The first-order valence-corrected chi connectivity index (χ1v) is 6.12. The van der Waals surface area contributed by atoms with Gasteiger partial charge in [-0.25, -0.2) is 0 Å². The molecule has 1 heterocycles. The van der Waals surface area contributed by atoms with E-state index in [0.717, 1.165) is 18.5 Å². The quantitative estimate of drug-likeness (QED) is 0.875. The van der Waals surface area contributed by atoms with Gasteiger partial charge in [0.05, 0.1) is 11.9 Å². The molecule has 0 bridgehead atoms. The molecule has 1 atom stereocenters. The number of aromatic amines is 1. The van der Waals surface area contributed by atoms with Crippen molar-refractivity contribution in [2.75, 3.05) is 0 Å². The van der Waals surface area contributed by atoms with Gasteiger partial charge in [0.25, 0.3) is 0 Å². The minimum Gasteiger partial charge on any atom is -0.198 e. The van der Waals surface area contributed by atoms with Crippen LogP contribution in [-0.4, -0.2) is 15.4 Å². The normalized spacial score (nSPS) is 12.6. The molecule has 1 unspecified atom stereocenters. The van der Waals surface area contributed by atoms with Gasteiger partial charge in [-0.15, -0.1) is 0 Å². The summed E-state index contributed by atoms with van der Waals surface area (Å²) in [5, 5.41) is 10.7. The Morgan fingerprint density at radius 1 is 1.29 bits per heavy atom. The minimum atomic E-state index is 0.528. The molecule has 90 valence electrons. The summed E-state index contributed by atoms with van der Waals surface area (Å²) in [7, 11) is 0. The highest BCUT2D eigenvalue weighted by Crippen LogP contribution is 2.26. The predicted molar refractivity (Wildman–Crippen MR) is 69.0 cm³/mol. The maximum Gasteiger partial charge on any atom is 0.0830 e. The Hall–Kier alpha value is -1.64. The Balaban J connectivity index is 2.25. The van der Waals surface area contributed by atoms with E-state index >= 15 is 0 Å². The summed E-state index contributed by atoms with van der Waals surface area (Å²) in [4.78, 5) is 0. The number of nitrogens with one attached hydrogen (secondary N) is 1. The van der Waals surface area contributed by atoms with Crippen LogP contribution < -0.4 is 0 Å². The number of aromatic nitrogens is 3. The SMILES string of the molecule is CCC(Cc1cn[nH]n1)c1cc(C)ccc1C. The second-order valence-electron chi connectivity index (χ2n) is 4.63. The number of rotatable bonds is 4. The molecule has 0 saturated heterocycles. The molecule has 2 aromatic rings. The lowest BCUT2D eigenvalue weighted by molar-refractivity contribution is 0.644. The van der Waals surface area contributed by atoms with E-state index in [1.54, 1.807) is 0 Å². The molecular formula is C14H19N3. The Kier molecular flexibility index (Phi) is 3.57. The molecule has 0 fully saturated rings. The molecule has 17 heavy (non-hydrogen) atoms. The average molecular weight is 229 g/mol. The Labute approximate surface area is 102 Å². The number of H-pyrrole nitrogens is 1. The molecular weight excluding hydrogens is 210 g/mol. The van der Waals surface area contributed by atoms with Crippen molar-refractivity contribution in [3.8, 4) is 0 Å². The van der Waals surface area contributed by atoms with Crippen molar-refractivity contribution < 1.29 is 0 Å². The van der Waals surface area contributed by atoms with Crippen LogP contribution in [0.2, 0.25) is 0 Å². The first-order valence-electron chi connectivity index (χ1n) is 6.12. The summed E-state index contributed by atoms with van der Waals surface area (Å²) >= 11 is 0. The zero-order valence-corrected chi connectivity index (χ0v) is 10.7. The van der Waals surface area contributed by atoms with E-state index in [0.29, 0.717) is 5.92 Å². The molecule has 0 aliphatic rings. The van der Waals surface area contributed by atoms with Gasteiger partial charge >= 0.3 is 0 Å². The van der Waals surface area contributed by atoms with Gasteiger partial charge in [0.1, 0.15) is 0 Å². The lowest BCUT2D eigenvalue weighted by Crippen LogP contribution is -2.04. The van der Waals surface area contributed by atoms with Crippen LogP contribution in [0.25, 0.3) is 0 Å². The summed E-state index contributed by atoms with van der Waals surface area (Å²) < 4.78 is 0. The van der Waals surface area contributed by atoms with Gasteiger partial charge in [-0.05, 0) is 43.7 Å². The highest BCUT2D eigenvalue weighted by atomic mass is 15.3. The summed E-state index contributed by atoms with van der Waals surface area (Å²) in [6.45, 7) is 6.55. The lowest BCUT2D eigenvalue weighted by Gasteiger charge is -2.17. The number of aryl methyl sites for hydroxylation is 2. The van der Waals surface area contributed by atoms with Crippen molar-refractivity contribution >= 4 is 0 Å². The molecule has 1 aromatic carbocycles. The van der Waals surface area contributed by atoms with Gasteiger partial charge in [0, 0.05) is 0 Å². The van der Waals surface area contributed by atoms with Crippen LogP contribution in [0.3, 0.4) is 0 Å². The molecule has 0 aliphatic carbocycles. The van der Waals surface area contributed by atoms with Crippen molar-refractivity contribution in [2.45, 2.75) is 39.5 Å². The van der Waals surface area contributed by atoms with Crippen molar-refractivity contribution in [3.63, 3.8) is 0 Å². The molecule has 0 amide bonds. The van der Waals surface area contributed by atoms with Gasteiger partial charge in [0.2, 0.25) is 0 Å². The van der Waals surface area contributed by atoms with E-state index in [-0.39, 0.29) is 0 Å². The van der Waals surface area contributed by atoms with E-state index in [1.807, 2.05) is 6.20 Å². The smallest absolute Gasteiger partial charge is 0.0830 e. The van der Waals surface area contributed by atoms with Crippen LogP contribution in [-0.2, 0) is 6.42 Å². The van der Waals surface area contributed by atoms with Gasteiger partial charge in [0.15, 0.2) is 0 Å². The van der Waals surface area contributed by atoms with Crippen LogP contribution in [0.1, 0.15) is 41.6 Å². The second-order valence-corrected chi connectivity index (χ2v) is 4.63. The molecule has 1 N–H and O–H groups in total. The van der Waals surface area contributed by atoms with Gasteiger partial charge < -0.3 is 0 Å². The Morgan fingerprint density at radius 3 is 2.76 bits per heavy atom. The topological polar surface area (TPSA) is 41.6 Å². The molecule has 3 nitrogen and oxygen atoms in total. The average Bonchev–Trinajstić information content (AvgIpc) is 2.82. The zero-order valence-electron chi connectivity index (χ0n) is 10.7. The van der Waals surface area contributed by atoms with E-state index in [9.17, 15) is 0 Å². The molecule has 0 aliphatic heterocycles. The van der Waals surface area contributed by atoms with E-state index in [1.165, 1.54) is 16.7 Å². The van der Waals surface area contributed by atoms with Crippen molar-refractivity contribution in [1.82, 2.24) is 15.4 Å². The Bertz CT molecular complexity index is 474. The minimum absolute atomic E-state index is 0.528. The van der Waals surface area contributed by atoms with Gasteiger partial charge in [-0.3, -0.25) is 0 Å². The first kappa shape index (κ1) is 11.8. The molecule has 2 rings (SSSR count). The lowest BCUT2D eigenvalue weighted by atomic mass is 9.88. The molecule has 0 radical (unpaired) electrons. The molecule has 0 spiro atoms. The second kappa shape index (κ2) is 5.13. The van der Waals surface area contributed by atoms with Crippen molar-refractivity contribution in [1.29, 1.82) is 0 Å². The monoisotopic (exact) mass is 229 g/mol. The van der Waals surface area contributed by atoms with Crippen LogP contribution in [0.4, 0.5) is 0 Å². The zero-order chi connectivity index (χ0) is 12.3. The van der Waals surface area contributed by atoms with Crippen LogP contribution >= 0.6 is 0 Å². The highest BCUT2D eigenvalue weighted by Gasteiger charge is 2.14. The number of hydrogen-bond acceptors (Lipinski definition) is 2. The Morgan fingerprint density at radius 2 is 2.12 bits per heavy atom. The standard InChI is InChI=1S/C14H19N3/c1-4-12(8-13-9-15-17-16-13)14-7-10(2)5-6-11(14)3/h5-7,9,12H,4,8H2,1-3H3,(H,15,16,17). The molecule has 3 heteroatoms. The molecule has 1 aromatic heterocycles. The summed E-state index contributed by atoms with van der Waals surface area (Å²) in [5.41, 5.74) is 5.17. The summed E-state index contributed by atoms with van der Waals surface area (Å²) in [6, 6.07) is 6.67. The van der Waals surface area contributed by atoms with Gasteiger partial charge in [-0.2, -0.15) is 15.4 Å². The third-order valence-corrected chi connectivity index (χ3v) is 3.29. The van der Waals surface area contributed by atoms with Crippen LogP contribution in [0.5, 0.6) is 0 Å². The fourth-order valence-corrected chi connectivity index (χ4v) is 2.25. The van der Waals surface area contributed by atoms with Crippen LogP contribution in [0.15, 0.2) is 24.4 Å². The van der Waals surface area contributed by atoms with Crippen molar-refractivity contribution in [2.24, 2.45) is 0 Å².